The lowest BCUT2D eigenvalue weighted by Gasteiger charge is -2.29. The maximum atomic E-state index is 6.00. The van der Waals surface area contributed by atoms with Gasteiger partial charge in [-0.1, -0.05) is 19.4 Å². The molecule has 0 unspecified atom stereocenters. The fourth-order valence-corrected chi connectivity index (χ4v) is 2.02. The summed E-state index contributed by atoms with van der Waals surface area (Å²) in [5.74, 6) is 2.20. The topological polar surface area (TPSA) is 27.7 Å². The molecular formula is C16H22O3. The molecule has 0 N–H and O–H groups in total. The first-order valence-corrected chi connectivity index (χ1v) is 6.79. The molecule has 0 bridgehead atoms. The van der Waals surface area contributed by atoms with E-state index in [1.54, 1.807) is 7.11 Å². The summed E-state index contributed by atoms with van der Waals surface area (Å²) in [5.41, 5.74) is 0.710. The lowest BCUT2D eigenvalue weighted by atomic mass is 10.0. The Morgan fingerprint density at radius 1 is 1.26 bits per heavy atom. The second-order valence-electron chi connectivity index (χ2n) is 5.26. The average Bonchev–Trinajstić information content (AvgIpc) is 2.37. The van der Waals surface area contributed by atoms with Gasteiger partial charge in [-0.25, -0.2) is 0 Å². The predicted molar refractivity (Wildman–Crippen MR) is 77.1 cm³/mol. The second-order valence-corrected chi connectivity index (χ2v) is 5.26. The molecule has 0 saturated heterocycles. The Kier molecular flexibility index (Phi) is 4.03. The van der Waals surface area contributed by atoms with E-state index in [9.17, 15) is 0 Å². The van der Waals surface area contributed by atoms with E-state index in [0.717, 1.165) is 29.9 Å². The molecule has 0 aromatic heterocycles. The van der Waals surface area contributed by atoms with Crippen molar-refractivity contribution in [3.8, 4) is 17.2 Å². The van der Waals surface area contributed by atoms with Crippen LogP contribution in [0, 0.1) is 0 Å². The summed E-state index contributed by atoms with van der Waals surface area (Å²) in [7, 11) is 1.65. The van der Waals surface area contributed by atoms with Crippen molar-refractivity contribution in [1.82, 2.24) is 0 Å². The normalized spacial score (nSPS) is 15.6. The number of hydrogen-bond donors (Lipinski definition) is 0. The highest BCUT2D eigenvalue weighted by molar-refractivity contribution is 5.68. The molecule has 3 nitrogen and oxygen atoms in total. The van der Waals surface area contributed by atoms with E-state index < -0.39 is 0 Å². The van der Waals surface area contributed by atoms with Gasteiger partial charge in [0.25, 0.3) is 0 Å². The van der Waals surface area contributed by atoms with E-state index in [-0.39, 0.29) is 5.60 Å². The van der Waals surface area contributed by atoms with Crippen LogP contribution in [0.1, 0.15) is 39.2 Å². The van der Waals surface area contributed by atoms with Crippen molar-refractivity contribution < 1.29 is 14.2 Å². The first kappa shape index (κ1) is 13.8. The van der Waals surface area contributed by atoms with Crippen molar-refractivity contribution in [3.05, 3.63) is 23.8 Å². The maximum Gasteiger partial charge on any atom is 0.203 e. The number of benzene rings is 1. The number of unbranched alkanes of at least 4 members (excludes halogenated alkanes) is 1. The van der Waals surface area contributed by atoms with Crippen LogP contribution < -0.4 is 14.2 Å². The first-order chi connectivity index (χ1) is 9.07. The predicted octanol–water partition coefficient (Wildman–Crippen LogP) is 4.06. The van der Waals surface area contributed by atoms with Crippen molar-refractivity contribution >= 4 is 6.08 Å². The summed E-state index contributed by atoms with van der Waals surface area (Å²) in [4.78, 5) is 0. The molecule has 3 heteroatoms. The van der Waals surface area contributed by atoms with Crippen molar-refractivity contribution in [3.63, 3.8) is 0 Å². The van der Waals surface area contributed by atoms with Crippen LogP contribution in [0.15, 0.2) is 18.2 Å². The third-order valence-corrected chi connectivity index (χ3v) is 3.10. The van der Waals surface area contributed by atoms with Crippen molar-refractivity contribution in [2.24, 2.45) is 0 Å². The molecule has 0 amide bonds. The molecule has 1 aromatic rings. The van der Waals surface area contributed by atoms with Gasteiger partial charge >= 0.3 is 0 Å². The van der Waals surface area contributed by atoms with Crippen LogP contribution in [-0.2, 0) is 0 Å². The molecule has 1 heterocycles. The number of methoxy groups -OCH3 is 1. The minimum absolute atomic E-state index is 0.317. The van der Waals surface area contributed by atoms with Crippen molar-refractivity contribution in [2.45, 2.75) is 39.2 Å². The Bertz CT molecular complexity index is 475. The molecule has 0 aliphatic carbocycles. The zero-order valence-corrected chi connectivity index (χ0v) is 12.2. The van der Waals surface area contributed by atoms with Gasteiger partial charge in [-0.3, -0.25) is 0 Å². The van der Waals surface area contributed by atoms with Crippen LogP contribution in [0.2, 0.25) is 0 Å². The number of hydrogen-bond acceptors (Lipinski definition) is 3. The summed E-state index contributed by atoms with van der Waals surface area (Å²) >= 11 is 0. The molecule has 19 heavy (non-hydrogen) atoms. The van der Waals surface area contributed by atoms with Crippen LogP contribution in [0.25, 0.3) is 6.08 Å². The summed E-state index contributed by atoms with van der Waals surface area (Å²) in [6, 6.07) is 3.95. The summed E-state index contributed by atoms with van der Waals surface area (Å²) in [6.07, 6.45) is 6.26. The van der Waals surface area contributed by atoms with E-state index in [2.05, 4.69) is 13.0 Å². The highest BCUT2D eigenvalue weighted by Gasteiger charge is 2.26. The Balaban J connectivity index is 2.31. The van der Waals surface area contributed by atoms with Crippen LogP contribution in [-0.4, -0.2) is 19.3 Å². The van der Waals surface area contributed by atoms with Gasteiger partial charge in [0.2, 0.25) is 5.75 Å². The van der Waals surface area contributed by atoms with Gasteiger partial charge in [0.05, 0.1) is 13.7 Å². The van der Waals surface area contributed by atoms with E-state index in [4.69, 9.17) is 14.2 Å². The molecule has 1 aliphatic heterocycles. The Labute approximate surface area is 115 Å². The SMILES string of the molecule is CCCCOc1ccc2c(c1OC)OC(C)(C)C=C2. The Morgan fingerprint density at radius 2 is 2.05 bits per heavy atom. The van der Waals surface area contributed by atoms with Gasteiger partial charge in [0.1, 0.15) is 5.60 Å². The molecule has 104 valence electrons. The van der Waals surface area contributed by atoms with Gasteiger partial charge in [0.15, 0.2) is 11.5 Å². The smallest absolute Gasteiger partial charge is 0.203 e. The molecule has 0 radical (unpaired) electrons. The fraction of sp³-hybridized carbons (Fsp3) is 0.500. The molecule has 1 aliphatic rings. The van der Waals surface area contributed by atoms with E-state index in [1.807, 2.05) is 32.1 Å². The van der Waals surface area contributed by atoms with E-state index >= 15 is 0 Å². The summed E-state index contributed by atoms with van der Waals surface area (Å²) < 4.78 is 17.3. The lowest BCUT2D eigenvalue weighted by Crippen LogP contribution is -2.27. The molecular weight excluding hydrogens is 240 g/mol. The molecule has 0 fully saturated rings. The number of ether oxygens (including phenoxy) is 3. The second kappa shape index (κ2) is 5.55. The zero-order chi connectivity index (χ0) is 13.9. The van der Waals surface area contributed by atoms with Crippen molar-refractivity contribution in [2.75, 3.05) is 13.7 Å². The number of rotatable bonds is 5. The highest BCUT2D eigenvalue weighted by Crippen LogP contribution is 2.44. The lowest BCUT2D eigenvalue weighted by molar-refractivity contribution is 0.150. The molecule has 0 atom stereocenters. The minimum Gasteiger partial charge on any atom is -0.490 e. The van der Waals surface area contributed by atoms with Gasteiger partial charge in [-0.2, -0.15) is 0 Å². The quantitative estimate of drug-likeness (QED) is 0.749. The summed E-state index contributed by atoms with van der Waals surface area (Å²) in [6.45, 7) is 6.89. The molecule has 0 spiro atoms. The summed E-state index contributed by atoms with van der Waals surface area (Å²) in [5, 5.41) is 0. The monoisotopic (exact) mass is 262 g/mol. The van der Waals surface area contributed by atoms with E-state index in [1.165, 1.54) is 0 Å². The van der Waals surface area contributed by atoms with Crippen LogP contribution in [0.4, 0.5) is 0 Å². The molecule has 2 rings (SSSR count). The zero-order valence-electron chi connectivity index (χ0n) is 12.2. The van der Waals surface area contributed by atoms with Gasteiger partial charge in [-0.05, 0) is 38.5 Å². The Morgan fingerprint density at radius 3 is 2.74 bits per heavy atom. The molecule has 0 saturated carbocycles. The van der Waals surface area contributed by atoms with Crippen LogP contribution in [0.3, 0.4) is 0 Å². The largest absolute Gasteiger partial charge is 0.490 e. The first-order valence-electron chi connectivity index (χ1n) is 6.79. The maximum absolute atomic E-state index is 6.00. The number of fused-ring (bicyclic) bond motifs is 1. The standard InChI is InChI=1S/C16H22O3/c1-5-6-11-18-13-8-7-12-9-10-16(2,3)19-14(12)15(13)17-4/h7-10H,5-6,11H2,1-4H3. The fourth-order valence-electron chi connectivity index (χ4n) is 2.02. The third kappa shape index (κ3) is 3.03. The van der Waals surface area contributed by atoms with Crippen LogP contribution in [0.5, 0.6) is 17.2 Å². The van der Waals surface area contributed by atoms with Gasteiger partial charge in [0, 0.05) is 5.56 Å². The minimum atomic E-state index is -0.317. The van der Waals surface area contributed by atoms with Gasteiger partial charge < -0.3 is 14.2 Å². The Hall–Kier alpha value is -1.64. The van der Waals surface area contributed by atoms with E-state index in [0.29, 0.717) is 12.4 Å². The average molecular weight is 262 g/mol. The molecule has 1 aromatic carbocycles. The van der Waals surface area contributed by atoms with Crippen molar-refractivity contribution in [1.29, 1.82) is 0 Å². The third-order valence-electron chi connectivity index (χ3n) is 3.10. The highest BCUT2D eigenvalue weighted by atomic mass is 16.5. The van der Waals surface area contributed by atoms with Crippen LogP contribution >= 0.6 is 0 Å². The van der Waals surface area contributed by atoms with Gasteiger partial charge in [-0.15, -0.1) is 0 Å².